The van der Waals surface area contributed by atoms with Crippen molar-refractivity contribution in [3.05, 3.63) is 35.4 Å². The molecule has 25 heavy (non-hydrogen) atoms. The average Bonchev–Trinajstić information content (AvgIpc) is 2.54. The maximum atomic E-state index is 12.6. The van der Waals surface area contributed by atoms with Crippen molar-refractivity contribution >= 4 is 18.3 Å². The van der Waals surface area contributed by atoms with E-state index in [4.69, 9.17) is 5.73 Å². The lowest BCUT2D eigenvalue weighted by Crippen LogP contribution is -2.44. The van der Waals surface area contributed by atoms with E-state index in [2.05, 4.69) is 0 Å². The molecule has 1 aliphatic rings. The average molecular weight is 379 g/mol. The summed E-state index contributed by atoms with van der Waals surface area (Å²) >= 11 is 0. The fourth-order valence-electron chi connectivity index (χ4n) is 3.23. The molecule has 142 valence electrons. The number of rotatable bonds is 4. The lowest BCUT2D eigenvalue weighted by Gasteiger charge is -2.35. The van der Waals surface area contributed by atoms with E-state index >= 15 is 0 Å². The van der Waals surface area contributed by atoms with Gasteiger partial charge in [0.2, 0.25) is 5.91 Å². The zero-order valence-corrected chi connectivity index (χ0v) is 15.4. The zero-order chi connectivity index (χ0) is 17.9. The number of benzene rings is 1. The van der Waals surface area contributed by atoms with Crippen LogP contribution in [0.2, 0.25) is 0 Å². The molecule has 0 bridgehead atoms. The van der Waals surface area contributed by atoms with Crippen LogP contribution in [0.5, 0.6) is 0 Å². The summed E-state index contributed by atoms with van der Waals surface area (Å²) in [6, 6.07) is 5.19. The Bertz CT molecular complexity index is 552. The van der Waals surface area contributed by atoms with Gasteiger partial charge >= 0.3 is 6.18 Å². The summed E-state index contributed by atoms with van der Waals surface area (Å²) in [5.41, 5.74) is 5.99. The molecule has 1 heterocycles. The summed E-state index contributed by atoms with van der Waals surface area (Å²) in [7, 11) is 0. The second kappa shape index (κ2) is 8.90. The highest BCUT2D eigenvalue weighted by molar-refractivity contribution is 5.85. The number of carbonyl (C=O) groups excluding carboxylic acids is 1. The van der Waals surface area contributed by atoms with Crippen molar-refractivity contribution in [2.75, 3.05) is 13.1 Å². The van der Waals surface area contributed by atoms with Gasteiger partial charge in [0, 0.05) is 25.0 Å². The Labute approximate surface area is 153 Å². The number of amides is 1. The Morgan fingerprint density at radius 3 is 2.16 bits per heavy atom. The highest BCUT2D eigenvalue weighted by Crippen LogP contribution is 2.29. The molecule has 1 amide bonds. The maximum Gasteiger partial charge on any atom is 0.416 e. The van der Waals surface area contributed by atoms with E-state index in [-0.39, 0.29) is 30.3 Å². The van der Waals surface area contributed by atoms with Crippen molar-refractivity contribution < 1.29 is 18.0 Å². The van der Waals surface area contributed by atoms with Crippen LogP contribution in [0.15, 0.2) is 24.3 Å². The van der Waals surface area contributed by atoms with Crippen molar-refractivity contribution in [2.24, 2.45) is 17.6 Å². The highest BCUT2D eigenvalue weighted by atomic mass is 35.5. The molecule has 1 saturated heterocycles. The fraction of sp³-hybridized carbons (Fsp3) is 0.611. The van der Waals surface area contributed by atoms with E-state index in [1.807, 2.05) is 18.7 Å². The summed E-state index contributed by atoms with van der Waals surface area (Å²) < 4.78 is 37.7. The molecule has 2 atom stereocenters. The van der Waals surface area contributed by atoms with Crippen LogP contribution in [-0.4, -0.2) is 29.9 Å². The molecular formula is C18H26ClF3N2O. The Hall–Kier alpha value is -1.27. The lowest BCUT2D eigenvalue weighted by atomic mass is 9.90. The summed E-state index contributed by atoms with van der Waals surface area (Å²) in [5, 5.41) is 0. The summed E-state index contributed by atoms with van der Waals surface area (Å²) in [6.07, 6.45) is -2.05. The third-order valence-electron chi connectivity index (χ3n) is 4.84. The van der Waals surface area contributed by atoms with Crippen LogP contribution in [0.1, 0.15) is 37.8 Å². The normalized spacial score (nSPS) is 18.4. The van der Waals surface area contributed by atoms with Gasteiger partial charge in [-0.3, -0.25) is 4.79 Å². The van der Waals surface area contributed by atoms with Gasteiger partial charge in [-0.2, -0.15) is 13.2 Å². The van der Waals surface area contributed by atoms with Crippen molar-refractivity contribution in [3.8, 4) is 0 Å². The van der Waals surface area contributed by atoms with Gasteiger partial charge in [-0.15, -0.1) is 12.4 Å². The SMILES string of the molecule is CC(Cc1ccc(C(F)(F)F)cc1)C(=O)N1CCC(C(C)N)CC1.Cl. The second-order valence-electron chi connectivity index (χ2n) is 6.82. The van der Waals surface area contributed by atoms with Crippen LogP contribution < -0.4 is 5.73 Å². The molecule has 0 radical (unpaired) electrons. The van der Waals surface area contributed by atoms with Crippen molar-refractivity contribution in [2.45, 2.75) is 45.3 Å². The topological polar surface area (TPSA) is 46.3 Å². The molecule has 0 aliphatic carbocycles. The summed E-state index contributed by atoms with van der Waals surface area (Å²) in [4.78, 5) is 14.4. The number of piperidine rings is 1. The quantitative estimate of drug-likeness (QED) is 0.863. The van der Waals surface area contributed by atoms with Crippen LogP contribution >= 0.6 is 12.4 Å². The Morgan fingerprint density at radius 1 is 1.20 bits per heavy atom. The molecule has 2 unspecified atom stereocenters. The molecule has 3 nitrogen and oxygen atoms in total. The highest BCUT2D eigenvalue weighted by Gasteiger charge is 2.30. The van der Waals surface area contributed by atoms with Crippen LogP contribution in [0.25, 0.3) is 0 Å². The van der Waals surface area contributed by atoms with E-state index in [9.17, 15) is 18.0 Å². The van der Waals surface area contributed by atoms with Gasteiger partial charge in [-0.05, 0) is 49.8 Å². The minimum absolute atomic E-state index is 0. The number of halogens is 4. The van der Waals surface area contributed by atoms with Crippen LogP contribution in [0.4, 0.5) is 13.2 Å². The van der Waals surface area contributed by atoms with Crippen molar-refractivity contribution in [1.29, 1.82) is 0 Å². The molecule has 7 heteroatoms. The summed E-state index contributed by atoms with van der Waals surface area (Å²) in [6.45, 7) is 5.25. The third kappa shape index (κ3) is 5.89. The van der Waals surface area contributed by atoms with E-state index in [1.54, 1.807) is 0 Å². The van der Waals surface area contributed by atoms with Gasteiger partial charge in [0.15, 0.2) is 0 Å². The fourth-order valence-corrected chi connectivity index (χ4v) is 3.23. The maximum absolute atomic E-state index is 12.6. The predicted molar refractivity (Wildman–Crippen MR) is 94.5 cm³/mol. The first-order chi connectivity index (χ1) is 11.2. The number of carbonyl (C=O) groups is 1. The van der Waals surface area contributed by atoms with E-state index in [0.717, 1.165) is 30.5 Å². The molecule has 2 N–H and O–H groups in total. The molecule has 1 aliphatic heterocycles. The standard InChI is InChI=1S/C18H25F3N2O.ClH/c1-12(11-14-3-5-16(6-4-14)18(19,20)21)17(24)23-9-7-15(8-10-23)13(2)22;/h3-6,12-13,15H,7-11,22H2,1-2H3;1H. The van der Waals surface area contributed by atoms with Gasteiger partial charge in [0.1, 0.15) is 0 Å². The molecular weight excluding hydrogens is 353 g/mol. The van der Waals surface area contributed by atoms with Crippen LogP contribution in [-0.2, 0) is 17.4 Å². The Kier molecular flexibility index (Phi) is 7.75. The molecule has 1 aromatic carbocycles. The van der Waals surface area contributed by atoms with Gasteiger partial charge < -0.3 is 10.6 Å². The first-order valence-electron chi connectivity index (χ1n) is 8.39. The van der Waals surface area contributed by atoms with Crippen molar-refractivity contribution in [3.63, 3.8) is 0 Å². The molecule has 0 spiro atoms. The number of likely N-dealkylation sites (tertiary alicyclic amines) is 1. The smallest absolute Gasteiger partial charge is 0.342 e. The van der Waals surface area contributed by atoms with E-state index < -0.39 is 11.7 Å². The zero-order valence-electron chi connectivity index (χ0n) is 14.6. The lowest BCUT2D eigenvalue weighted by molar-refractivity contribution is -0.138. The van der Waals surface area contributed by atoms with Gasteiger partial charge in [0.25, 0.3) is 0 Å². The molecule has 2 rings (SSSR count). The Morgan fingerprint density at radius 2 is 1.72 bits per heavy atom. The van der Waals surface area contributed by atoms with E-state index in [1.165, 1.54) is 12.1 Å². The molecule has 0 saturated carbocycles. The van der Waals surface area contributed by atoms with Crippen LogP contribution in [0, 0.1) is 11.8 Å². The van der Waals surface area contributed by atoms with Crippen molar-refractivity contribution in [1.82, 2.24) is 4.90 Å². The number of hydrogen-bond acceptors (Lipinski definition) is 2. The molecule has 1 fully saturated rings. The number of alkyl halides is 3. The first kappa shape index (κ1) is 21.8. The first-order valence-corrected chi connectivity index (χ1v) is 8.39. The van der Waals surface area contributed by atoms with Gasteiger partial charge in [-0.25, -0.2) is 0 Å². The Balaban J connectivity index is 0.00000312. The minimum Gasteiger partial charge on any atom is -0.342 e. The minimum atomic E-state index is -4.33. The second-order valence-corrected chi connectivity index (χ2v) is 6.82. The number of nitrogens with two attached hydrogens (primary N) is 1. The monoisotopic (exact) mass is 378 g/mol. The van der Waals surface area contributed by atoms with Gasteiger partial charge in [0.05, 0.1) is 5.56 Å². The predicted octanol–water partition coefficient (Wildman–Crippen LogP) is 3.89. The van der Waals surface area contributed by atoms with Gasteiger partial charge in [-0.1, -0.05) is 19.1 Å². The summed E-state index contributed by atoms with van der Waals surface area (Å²) in [5.74, 6) is 0.283. The molecule has 1 aromatic rings. The van der Waals surface area contributed by atoms with E-state index in [0.29, 0.717) is 25.4 Å². The number of nitrogens with zero attached hydrogens (tertiary/aromatic N) is 1. The molecule has 0 aromatic heterocycles. The van der Waals surface area contributed by atoms with Crippen LogP contribution in [0.3, 0.4) is 0 Å². The largest absolute Gasteiger partial charge is 0.416 e. The third-order valence-corrected chi connectivity index (χ3v) is 4.84. The number of hydrogen-bond donors (Lipinski definition) is 1.